The molecule has 1 fully saturated rings. The minimum Gasteiger partial charge on any atom is -0.326 e. The number of hydrogen-bond donors (Lipinski definition) is 1. The normalized spacial score (nSPS) is 18.1. The molecule has 0 saturated heterocycles. The van der Waals surface area contributed by atoms with Gasteiger partial charge in [-0.1, -0.05) is 13.8 Å². The van der Waals surface area contributed by atoms with Crippen molar-refractivity contribution in [2.45, 2.75) is 52.1 Å². The predicted molar refractivity (Wildman–Crippen MR) is 59.5 cm³/mol. The summed E-state index contributed by atoms with van der Waals surface area (Å²) >= 11 is 0. The van der Waals surface area contributed by atoms with Gasteiger partial charge in [0, 0.05) is 18.9 Å². The SMILES string of the molecule is CCc1nc(CC)n(CC(N)C2CC2)n1. The van der Waals surface area contributed by atoms with Gasteiger partial charge >= 0.3 is 0 Å². The Morgan fingerprint density at radius 2 is 2.13 bits per heavy atom. The number of nitrogens with two attached hydrogens (primary N) is 1. The topological polar surface area (TPSA) is 56.7 Å². The van der Waals surface area contributed by atoms with Crippen LogP contribution in [0.3, 0.4) is 0 Å². The molecule has 0 amide bonds. The van der Waals surface area contributed by atoms with Crippen LogP contribution in [0.15, 0.2) is 0 Å². The summed E-state index contributed by atoms with van der Waals surface area (Å²) in [6.45, 7) is 5.03. The molecule has 1 atom stereocenters. The van der Waals surface area contributed by atoms with Crippen LogP contribution in [0.25, 0.3) is 0 Å². The lowest BCUT2D eigenvalue weighted by molar-refractivity contribution is 0.456. The molecule has 1 unspecified atom stereocenters. The molecule has 4 heteroatoms. The Morgan fingerprint density at radius 3 is 2.67 bits per heavy atom. The van der Waals surface area contributed by atoms with Gasteiger partial charge in [0.15, 0.2) is 5.82 Å². The van der Waals surface area contributed by atoms with Crippen LogP contribution in [0.4, 0.5) is 0 Å². The number of nitrogens with zero attached hydrogens (tertiary/aromatic N) is 3. The average Bonchev–Trinajstić information content (AvgIpc) is 3.01. The fourth-order valence-corrected chi connectivity index (χ4v) is 1.86. The average molecular weight is 208 g/mol. The van der Waals surface area contributed by atoms with Crippen molar-refractivity contribution in [3.05, 3.63) is 11.6 Å². The molecule has 1 aliphatic carbocycles. The largest absolute Gasteiger partial charge is 0.326 e. The van der Waals surface area contributed by atoms with Crippen molar-refractivity contribution in [1.82, 2.24) is 14.8 Å². The highest BCUT2D eigenvalue weighted by atomic mass is 15.4. The molecule has 0 aromatic carbocycles. The van der Waals surface area contributed by atoms with Gasteiger partial charge in [-0.3, -0.25) is 0 Å². The maximum absolute atomic E-state index is 6.10. The lowest BCUT2D eigenvalue weighted by Crippen LogP contribution is -2.29. The molecule has 1 aromatic rings. The maximum Gasteiger partial charge on any atom is 0.150 e. The van der Waals surface area contributed by atoms with E-state index in [1.807, 2.05) is 4.68 Å². The Kier molecular flexibility index (Phi) is 3.05. The van der Waals surface area contributed by atoms with Crippen LogP contribution >= 0.6 is 0 Å². The molecule has 4 nitrogen and oxygen atoms in total. The first-order chi connectivity index (χ1) is 7.24. The van der Waals surface area contributed by atoms with E-state index in [4.69, 9.17) is 5.73 Å². The van der Waals surface area contributed by atoms with Gasteiger partial charge in [-0.2, -0.15) is 5.10 Å². The van der Waals surface area contributed by atoms with Crippen LogP contribution in [0.1, 0.15) is 38.3 Å². The van der Waals surface area contributed by atoms with Gasteiger partial charge in [0.05, 0.1) is 6.54 Å². The summed E-state index contributed by atoms with van der Waals surface area (Å²) in [7, 11) is 0. The van der Waals surface area contributed by atoms with E-state index in [0.717, 1.165) is 37.0 Å². The molecule has 1 saturated carbocycles. The number of hydrogen-bond acceptors (Lipinski definition) is 3. The first-order valence-electron chi connectivity index (χ1n) is 5.92. The van der Waals surface area contributed by atoms with E-state index in [1.54, 1.807) is 0 Å². The molecule has 1 heterocycles. The van der Waals surface area contributed by atoms with Crippen LogP contribution in [0, 0.1) is 5.92 Å². The minimum atomic E-state index is 0.265. The zero-order valence-corrected chi connectivity index (χ0v) is 9.61. The zero-order valence-electron chi connectivity index (χ0n) is 9.61. The molecule has 0 radical (unpaired) electrons. The van der Waals surface area contributed by atoms with Crippen LogP contribution < -0.4 is 5.73 Å². The molecule has 1 aliphatic rings. The summed E-state index contributed by atoms with van der Waals surface area (Å²) in [5.74, 6) is 2.74. The Bertz CT molecular complexity index is 327. The molecule has 84 valence electrons. The first kappa shape index (κ1) is 10.6. The monoisotopic (exact) mass is 208 g/mol. The van der Waals surface area contributed by atoms with E-state index >= 15 is 0 Å². The molecule has 15 heavy (non-hydrogen) atoms. The molecule has 2 rings (SSSR count). The van der Waals surface area contributed by atoms with Gasteiger partial charge in [-0.15, -0.1) is 0 Å². The third kappa shape index (κ3) is 2.37. The maximum atomic E-state index is 6.10. The summed E-state index contributed by atoms with van der Waals surface area (Å²) < 4.78 is 2.00. The highest BCUT2D eigenvalue weighted by Gasteiger charge is 2.29. The standard InChI is InChI=1S/C11H20N4/c1-3-10-13-11(4-2)15(14-10)7-9(12)8-5-6-8/h8-9H,3-7,12H2,1-2H3. The second kappa shape index (κ2) is 4.31. The Morgan fingerprint density at radius 1 is 1.40 bits per heavy atom. The summed E-state index contributed by atoms with van der Waals surface area (Å²) in [4.78, 5) is 4.48. The third-order valence-electron chi connectivity index (χ3n) is 3.04. The smallest absolute Gasteiger partial charge is 0.150 e. The van der Waals surface area contributed by atoms with Gasteiger partial charge < -0.3 is 5.73 Å². The van der Waals surface area contributed by atoms with Crippen LogP contribution in [-0.4, -0.2) is 20.8 Å². The fourth-order valence-electron chi connectivity index (χ4n) is 1.86. The van der Waals surface area contributed by atoms with Crippen molar-refractivity contribution in [3.8, 4) is 0 Å². The molecular weight excluding hydrogens is 188 g/mol. The number of rotatable bonds is 5. The first-order valence-corrected chi connectivity index (χ1v) is 5.92. The van der Waals surface area contributed by atoms with E-state index in [0.29, 0.717) is 0 Å². The van der Waals surface area contributed by atoms with Gasteiger partial charge in [0.25, 0.3) is 0 Å². The van der Waals surface area contributed by atoms with Crippen molar-refractivity contribution >= 4 is 0 Å². The van der Waals surface area contributed by atoms with Crippen LogP contribution in [0.5, 0.6) is 0 Å². The van der Waals surface area contributed by atoms with E-state index in [1.165, 1.54) is 12.8 Å². The van der Waals surface area contributed by atoms with Crippen molar-refractivity contribution in [3.63, 3.8) is 0 Å². The quantitative estimate of drug-likeness (QED) is 0.789. The molecule has 0 spiro atoms. The Balaban J connectivity index is 2.07. The van der Waals surface area contributed by atoms with E-state index in [2.05, 4.69) is 23.9 Å². The predicted octanol–water partition coefficient (Wildman–Crippen LogP) is 1.14. The van der Waals surface area contributed by atoms with Gasteiger partial charge in [0.2, 0.25) is 0 Å². The van der Waals surface area contributed by atoms with Gasteiger partial charge in [-0.05, 0) is 18.8 Å². The zero-order chi connectivity index (χ0) is 10.8. The molecule has 1 aromatic heterocycles. The van der Waals surface area contributed by atoms with Crippen molar-refractivity contribution < 1.29 is 0 Å². The highest BCUT2D eigenvalue weighted by Crippen LogP contribution is 2.32. The van der Waals surface area contributed by atoms with E-state index < -0.39 is 0 Å². The van der Waals surface area contributed by atoms with Crippen molar-refractivity contribution in [1.29, 1.82) is 0 Å². The summed E-state index contributed by atoms with van der Waals surface area (Å²) in [5, 5.41) is 4.48. The second-order valence-electron chi connectivity index (χ2n) is 4.33. The molecule has 0 bridgehead atoms. The summed E-state index contributed by atoms with van der Waals surface area (Å²) in [6, 6.07) is 0.265. The lowest BCUT2D eigenvalue weighted by atomic mass is 10.2. The number of aromatic nitrogens is 3. The van der Waals surface area contributed by atoms with Crippen LogP contribution in [-0.2, 0) is 19.4 Å². The molecule has 2 N–H and O–H groups in total. The lowest BCUT2D eigenvalue weighted by Gasteiger charge is -2.11. The van der Waals surface area contributed by atoms with Gasteiger partial charge in [0.1, 0.15) is 5.82 Å². The van der Waals surface area contributed by atoms with Crippen molar-refractivity contribution in [2.75, 3.05) is 0 Å². The number of aryl methyl sites for hydroxylation is 2. The third-order valence-corrected chi connectivity index (χ3v) is 3.04. The molecule has 0 aliphatic heterocycles. The Labute approximate surface area is 90.9 Å². The second-order valence-corrected chi connectivity index (χ2v) is 4.33. The Hall–Kier alpha value is -0.900. The molecular formula is C11H20N4. The van der Waals surface area contributed by atoms with Crippen LogP contribution in [0.2, 0.25) is 0 Å². The fraction of sp³-hybridized carbons (Fsp3) is 0.818. The highest BCUT2D eigenvalue weighted by molar-refractivity contribution is 4.94. The van der Waals surface area contributed by atoms with Crippen molar-refractivity contribution in [2.24, 2.45) is 11.7 Å². The summed E-state index contributed by atoms with van der Waals surface area (Å²) in [6.07, 6.45) is 4.42. The van der Waals surface area contributed by atoms with E-state index in [9.17, 15) is 0 Å². The van der Waals surface area contributed by atoms with E-state index in [-0.39, 0.29) is 6.04 Å². The van der Waals surface area contributed by atoms with Gasteiger partial charge in [-0.25, -0.2) is 9.67 Å². The summed E-state index contributed by atoms with van der Waals surface area (Å²) in [5.41, 5.74) is 6.10. The minimum absolute atomic E-state index is 0.265.